The number of nitrogens with one attached hydrogen (secondary N) is 2. The minimum absolute atomic E-state index is 0. The lowest BCUT2D eigenvalue weighted by atomic mass is 10.1. The summed E-state index contributed by atoms with van der Waals surface area (Å²) in [4.78, 5) is 21.9. The summed E-state index contributed by atoms with van der Waals surface area (Å²) < 4.78 is 13.0. The summed E-state index contributed by atoms with van der Waals surface area (Å²) in [6.07, 6.45) is 0.964. The van der Waals surface area contributed by atoms with E-state index in [-0.39, 0.29) is 18.0 Å². The number of hydrogen-bond donors (Lipinski definition) is 2. The fraction of sp³-hybridized carbons (Fsp3) is 0.417. The van der Waals surface area contributed by atoms with Gasteiger partial charge < -0.3 is 10.6 Å². The van der Waals surface area contributed by atoms with Gasteiger partial charge in [-0.1, -0.05) is 0 Å². The van der Waals surface area contributed by atoms with Crippen LogP contribution in [-0.2, 0) is 0 Å². The monoisotopic (exact) mass is 303 g/mol. The van der Waals surface area contributed by atoms with Crippen molar-refractivity contribution in [3.63, 3.8) is 0 Å². The van der Waals surface area contributed by atoms with Crippen LogP contribution in [0.5, 0.6) is 0 Å². The molecule has 1 aliphatic heterocycles. The first kappa shape index (κ1) is 16.3. The lowest BCUT2D eigenvalue weighted by Gasteiger charge is -2.10. The third-order valence-electron chi connectivity index (χ3n) is 3.11. The van der Waals surface area contributed by atoms with Crippen LogP contribution in [0.25, 0.3) is 0 Å². The minimum Gasteiger partial charge on any atom is -0.351 e. The Bertz CT molecular complexity index is 507. The fourth-order valence-electron chi connectivity index (χ4n) is 2.07. The van der Waals surface area contributed by atoms with Crippen LogP contribution in [0.3, 0.4) is 0 Å². The van der Waals surface area contributed by atoms with Crippen molar-refractivity contribution < 1.29 is 14.1 Å². The van der Waals surface area contributed by atoms with E-state index < -0.39 is 22.3 Å². The number of nitrogens with zero attached hydrogens (tertiary/aromatic N) is 1. The number of nitro benzene ring substituents is 1. The number of nitro groups is 1. The fourth-order valence-corrected chi connectivity index (χ4v) is 2.07. The quantitative estimate of drug-likeness (QED) is 0.652. The van der Waals surface area contributed by atoms with Crippen LogP contribution in [0.15, 0.2) is 18.2 Å². The molecule has 1 unspecified atom stereocenters. The molecular formula is C12H15ClFN3O3. The van der Waals surface area contributed by atoms with Gasteiger partial charge in [-0.15, -0.1) is 12.4 Å². The first-order valence-corrected chi connectivity index (χ1v) is 6.01. The highest BCUT2D eigenvalue weighted by Gasteiger charge is 2.22. The summed E-state index contributed by atoms with van der Waals surface area (Å²) in [5.74, 6) is -0.940. The highest BCUT2D eigenvalue weighted by molar-refractivity contribution is 5.98. The van der Waals surface area contributed by atoms with Crippen molar-refractivity contribution in [2.75, 3.05) is 19.6 Å². The Labute approximate surface area is 121 Å². The van der Waals surface area contributed by atoms with E-state index in [0.29, 0.717) is 12.5 Å². The summed E-state index contributed by atoms with van der Waals surface area (Å²) in [6.45, 7) is 2.20. The van der Waals surface area contributed by atoms with Crippen LogP contribution < -0.4 is 10.6 Å². The van der Waals surface area contributed by atoms with Crippen LogP contribution in [-0.4, -0.2) is 30.5 Å². The van der Waals surface area contributed by atoms with Crippen molar-refractivity contribution in [3.05, 3.63) is 39.7 Å². The van der Waals surface area contributed by atoms with Gasteiger partial charge in [0.15, 0.2) is 0 Å². The minimum atomic E-state index is -0.755. The SMILES string of the molecule is Cl.O=C(NCC1CCNC1)c1ccc(F)cc1[N+](=O)[O-]. The van der Waals surface area contributed by atoms with Gasteiger partial charge in [0.2, 0.25) is 0 Å². The Morgan fingerprint density at radius 2 is 2.30 bits per heavy atom. The van der Waals surface area contributed by atoms with Gasteiger partial charge >= 0.3 is 0 Å². The maximum atomic E-state index is 13.0. The Morgan fingerprint density at radius 3 is 2.90 bits per heavy atom. The van der Waals surface area contributed by atoms with Crippen LogP contribution in [0.4, 0.5) is 10.1 Å². The highest BCUT2D eigenvalue weighted by Crippen LogP contribution is 2.19. The summed E-state index contributed by atoms with van der Waals surface area (Å²) >= 11 is 0. The molecule has 2 N–H and O–H groups in total. The van der Waals surface area contributed by atoms with Crippen molar-refractivity contribution >= 4 is 24.0 Å². The average Bonchev–Trinajstić information content (AvgIpc) is 2.88. The third-order valence-corrected chi connectivity index (χ3v) is 3.11. The molecule has 8 heteroatoms. The predicted octanol–water partition coefficient (Wildman–Crippen LogP) is 1.50. The summed E-state index contributed by atoms with van der Waals surface area (Å²) in [7, 11) is 0. The molecule has 1 heterocycles. The second-order valence-corrected chi connectivity index (χ2v) is 4.49. The average molecular weight is 304 g/mol. The summed E-state index contributed by atoms with van der Waals surface area (Å²) in [5, 5.41) is 16.6. The second-order valence-electron chi connectivity index (χ2n) is 4.49. The van der Waals surface area contributed by atoms with Crippen LogP contribution >= 0.6 is 12.4 Å². The van der Waals surface area contributed by atoms with E-state index in [1.54, 1.807) is 0 Å². The van der Waals surface area contributed by atoms with E-state index in [9.17, 15) is 19.3 Å². The smallest absolute Gasteiger partial charge is 0.285 e. The van der Waals surface area contributed by atoms with Gasteiger partial charge in [-0.2, -0.15) is 0 Å². The molecule has 0 saturated carbocycles. The number of halogens is 2. The van der Waals surface area contributed by atoms with Crippen LogP contribution in [0.1, 0.15) is 16.8 Å². The molecule has 0 aliphatic carbocycles. The normalized spacial score (nSPS) is 17.4. The van der Waals surface area contributed by atoms with E-state index in [0.717, 1.165) is 37.7 Å². The molecule has 110 valence electrons. The first-order valence-electron chi connectivity index (χ1n) is 6.01. The summed E-state index contributed by atoms with van der Waals surface area (Å²) in [5.41, 5.74) is -0.626. The molecule has 0 radical (unpaired) electrons. The number of hydrogen-bond acceptors (Lipinski definition) is 4. The van der Waals surface area contributed by atoms with E-state index in [2.05, 4.69) is 10.6 Å². The number of carbonyl (C=O) groups is 1. The standard InChI is InChI=1S/C12H14FN3O3.ClH/c13-9-1-2-10(11(5-9)16(18)19)12(17)15-7-8-3-4-14-6-8;/h1-2,5,8,14H,3-4,6-7H2,(H,15,17);1H. The number of amides is 1. The van der Waals surface area contributed by atoms with Gasteiger partial charge in [0, 0.05) is 6.54 Å². The van der Waals surface area contributed by atoms with Gasteiger partial charge in [-0.25, -0.2) is 4.39 Å². The third kappa shape index (κ3) is 3.88. The van der Waals surface area contributed by atoms with Gasteiger partial charge in [0.1, 0.15) is 11.4 Å². The van der Waals surface area contributed by atoms with Gasteiger partial charge in [-0.3, -0.25) is 14.9 Å². The van der Waals surface area contributed by atoms with Crippen LogP contribution in [0, 0.1) is 21.8 Å². The molecule has 0 spiro atoms. The molecule has 6 nitrogen and oxygen atoms in total. The number of benzene rings is 1. The largest absolute Gasteiger partial charge is 0.351 e. The van der Waals surface area contributed by atoms with Gasteiger partial charge in [0.05, 0.1) is 11.0 Å². The van der Waals surface area contributed by atoms with E-state index >= 15 is 0 Å². The molecule has 2 rings (SSSR count). The lowest BCUT2D eigenvalue weighted by molar-refractivity contribution is -0.385. The van der Waals surface area contributed by atoms with Crippen molar-refractivity contribution in [2.45, 2.75) is 6.42 Å². The Balaban J connectivity index is 0.00000200. The zero-order chi connectivity index (χ0) is 13.8. The number of carbonyl (C=O) groups excluding carboxylic acids is 1. The Hall–Kier alpha value is -1.73. The predicted molar refractivity (Wildman–Crippen MR) is 73.6 cm³/mol. The second kappa shape index (κ2) is 7.16. The van der Waals surface area contributed by atoms with Crippen molar-refractivity contribution in [2.24, 2.45) is 5.92 Å². The van der Waals surface area contributed by atoms with E-state index in [1.165, 1.54) is 0 Å². The van der Waals surface area contributed by atoms with Gasteiger partial charge in [0.25, 0.3) is 11.6 Å². The van der Waals surface area contributed by atoms with E-state index in [1.807, 2.05) is 0 Å². The molecule has 1 amide bonds. The molecule has 1 fully saturated rings. The molecule has 1 atom stereocenters. The molecule has 1 saturated heterocycles. The zero-order valence-electron chi connectivity index (χ0n) is 10.6. The van der Waals surface area contributed by atoms with E-state index in [4.69, 9.17) is 0 Å². The molecular weight excluding hydrogens is 289 g/mol. The number of rotatable bonds is 4. The first-order chi connectivity index (χ1) is 9.08. The Morgan fingerprint density at radius 1 is 1.55 bits per heavy atom. The molecule has 1 aliphatic rings. The molecule has 1 aromatic rings. The maximum absolute atomic E-state index is 13.0. The van der Waals surface area contributed by atoms with Crippen molar-refractivity contribution in [1.82, 2.24) is 10.6 Å². The van der Waals surface area contributed by atoms with Crippen LogP contribution in [0.2, 0.25) is 0 Å². The van der Waals surface area contributed by atoms with Crippen molar-refractivity contribution in [3.8, 4) is 0 Å². The summed E-state index contributed by atoms with van der Waals surface area (Å²) in [6, 6.07) is 2.93. The van der Waals surface area contributed by atoms with Gasteiger partial charge in [-0.05, 0) is 37.6 Å². The Kier molecular flexibility index (Phi) is 5.84. The maximum Gasteiger partial charge on any atom is 0.285 e. The topological polar surface area (TPSA) is 84.3 Å². The zero-order valence-corrected chi connectivity index (χ0v) is 11.4. The van der Waals surface area contributed by atoms with Crippen molar-refractivity contribution in [1.29, 1.82) is 0 Å². The molecule has 0 aromatic heterocycles. The lowest BCUT2D eigenvalue weighted by Crippen LogP contribution is -2.30. The highest BCUT2D eigenvalue weighted by atomic mass is 35.5. The molecule has 0 bridgehead atoms. The molecule has 20 heavy (non-hydrogen) atoms. The molecule has 1 aromatic carbocycles.